The average molecular weight is 315 g/mol. The topological polar surface area (TPSA) is 105 Å². The summed E-state index contributed by atoms with van der Waals surface area (Å²) in [5.74, 6) is -1.52. The van der Waals surface area contributed by atoms with E-state index >= 15 is 0 Å². The van der Waals surface area contributed by atoms with Crippen LogP contribution in [-0.2, 0) is 9.59 Å². The zero-order valence-electron chi connectivity index (χ0n) is 12.6. The summed E-state index contributed by atoms with van der Waals surface area (Å²) in [6.45, 7) is 1.74. The summed E-state index contributed by atoms with van der Waals surface area (Å²) < 4.78 is 5.21. The van der Waals surface area contributed by atoms with Crippen LogP contribution in [-0.4, -0.2) is 27.1 Å². The highest BCUT2D eigenvalue weighted by Crippen LogP contribution is 2.35. The molecular weight excluding hydrogens is 298 g/mol. The molecule has 0 saturated heterocycles. The van der Waals surface area contributed by atoms with Crippen LogP contribution in [0.2, 0.25) is 0 Å². The molecule has 2 N–H and O–H groups in total. The molecule has 7 heteroatoms. The SMILES string of the molecule is CC(NC(=O)C1CCC1C(=O)O)c1noc(-c2ccccc2)n1. The first kappa shape index (κ1) is 15.2. The van der Waals surface area contributed by atoms with Crippen molar-refractivity contribution in [3.8, 4) is 11.5 Å². The molecule has 1 aromatic heterocycles. The lowest BCUT2D eigenvalue weighted by atomic mass is 9.73. The van der Waals surface area contributed by atoms with Crippen molar-refractivity contribution in [2.75, 3.05) is 0 Å². The van der Waals surface area contributed by atoms with E-state index in [1.807, 2.05) is 30.3 Å². The van der Waals surface area contributed by atoms with Gasteiger partial charge in [-0.2, -0.15) is 4.98 Å². The molecule has 0 radical (unpaired) electrons. The maximum Gasteiger partial charge on any atom is 0.307 e. The van der Waals surface area contributed by atoms with Gasteiger partial charge < -0.3 is 14.9 Å². The summed E-state index contributed by atoms with van der Waals surface area (Å²) in [5, 5.41) is 15.7. The van der Waals surface area contributed by atoms with Gasteiger partial charge in [-0.05, 0) is 31.9 Å². The summed E-state index contributed by atoms with van der Waals surface area (Å²) >= 11 is 0. The van der Waals surface area contributed by atoms with Crippen LogP contribution in [0.15, 0.2) is 34.9 Å². The van der Waals surface area contributed by atoms with Gasteiger partial charge in [0.2, 0.25) is 5.91 Å². The van der Waals surface area contributed by atoms with Crippen LogP contribution in [0.1, 0.15) is 31.6 Å². The van der Waals surface area contributed by atoms with Crippen molar-refractivity contribution in [3.05, 3.63) is 36.2 Å². The number of hydrogen-bond donors (Lipinski definition) is 2. The molecule has 1 aromatic carbocycles. The minimum absolute atomic E-state index is 0.276. The second kappa shape index (κ2) is 6.20. The standard InChI is InChI=1S/C16H17N3O4/c1-9(17-14(20)11-7-8-12(11)16(21)22)13-18-15(23-19-13)10-5-3-2-4-6-10/h2-6,9,11-12H,7-8H2,1H3,(H,17,20)(H,21,22). The lowest BCUT2D eigenvalue weighted by molar-refractivity contribution is -0.152. The molecule has 23 heavy (non-hydrogen) atoms. The minimum Gasteiger partial charge on any atom is -0.481 e. The average Bonchev–Trinajstić information content (AvgIpc) is 2.96. The first-order valence-electron chi connectivity index (χ1n) is 7.48. The molecule has 3 atom stereocenters. The summed E-state index contributed by atoms with van der Waals surface area (Å²) in [6, 6.07) is 8.89. The maximum atomic E-state index is 12.1. The molecule has 120 valence electrons. The molecule has 2 aromatic rings. The Kier molecular flexibility index (Phi) is 4.10. The van der Waals surface area contributed by atoms with E-state index in [1.165, 1.54) is 0 Å². The van der Waals surface area contributed by atoms with Crippen LogP contribution in [0.5, 0.6) is 0 Å². The highest BCUT2D eigenvalue weighted by atomic mass is 16.5. The van der Waals surface area contributed by atoms with Crippen LogP contribution < -0.4 is 5.32 Å². The fourth-order valence-corrected chi connectivity index (χ4v) is 2.60. The molecule has 1 saturated carbocycles. The summed E-state index contributed by atoms with van der Waals surface area (Å²) in [4.78, 5) is 27.4. The first-order valence-corrected chi connectivity index (χ1v) is 7.48. The van der Waals surface area contributed by atoms with Crippen molar-refractivity contribution >= 4 is 11.9 Å². The minimum atomic E-state index is -0.921. The van der Waals surface area contributed by atoms with Crippen molar-refractivity contribution < 1.29 is 19.2 Å². The number of nitrogens with zero attached hydrogens (tertiary/aromatic N) is 2. The maximum absolute atomic E-state index is 12.1. The Hall–Kier alpha value is -2.70. The van der Waals surface area contributed by atoms with Crippen LogP contribution in [0.4, 0.5) is 0 Å². The number of carboxylic acids is 1. The Morgan fingerprint density at radius 1 is 1.26 bits per heavy atom. The van der Waals surface area contributed by atoms with Gasteiger partial charge in [0, 0.05) is 5.56 Å². The van der Waals surface area contributed by atoms with E-state index in [-0.39, 0.29) is 5.91 Å². The lowest BCUT2D eigenvalue weighted by Crippen LogP contribution is -2.44. The third kappa shape index (κ3) is 3.08. The van der Waals surface area contributed by atoms with E-state index in [9.17, 15) is 9.59 Å². The van der Waals surface area contributed by atoms with E-state index in [0.717, 1.165) is 5.56 Å². The van der Waals surface area contributed by atoms with Gasteiger partial charge in [-0.15, -0.1) is 0 Å². The number of hydrogen-bond acceptors (Lipinski definition) is 5. The fourth-order valence-electron chi connectivity index (χ4n) is 2.60. The predicted octanol–water partition coefficient (Wildman–Crippen LogP) is 2.02. The molecule has 3 rings (SSSR count). The van der Waals surface area contributed by atoms with Crippen LogP contribution in [0.25, 0.3) is 11.5 Å². The van der Waals surface area contributed by atoms with Gasteiger partial charge >= 0.3 is 5.97 Å². The lowest BCUT2D eigenvalue weighted by Gasteiger charge is -2.32. The Balaban J connectivity index is 1.65. The Morgan fingerprint density at radius 2 is 1.96 bits per heavy atom. The van der Waals surface area contributed by atoms with E-state index in [2.05, 4.69) is 15.5 Å². The third-order valence-electron chi connectivity index (χ3n) is 4.14. The van der Waals surface area contributed by atoms with Crippen LogP contribution in [0, 0.1) is 11.8 Å². The first-order chi connectivity index (χ1) is 11.1. The van der Waals surface area contributed by atoms with Crippen molar-refractivity contribution in [2.24, 2.45) is 11.8 Å². The molecule has 1 amide bonds. The van der Waals surface area contributed by atoms with Crippen LogP contribution >= 0.6 is 0 Å². The molecule has 0 spiro atoms. The number of benzene rings is 1. The quantitative estimate of drug-likeness (QED) is 0.874. The van der Waals surface area contributed by atoms with E-state index in [0.29, 0.717) is 24.6 Å². The van der Waals surface area contributed by atoms with E-state index in [1.54, 1.807) is 6.92 Å². The Morgan fingerprint density at radius 3 is 2.57 bits per heavy atom. The number of amides is 1. The monoisotopic (exact) mass is 315 g/mol. The number of carboxylic acid groups (broad SMARTS) is 1. The van der Waals surface area contributed by atoms with Crippen LogP contribution in [0.3, 0.4) is 0 Å². The fraction of sp³-hybridized carbons (Fsp3) is 0.375. The molecule has 0 aliphatic heterocycles. The zero-order valence-corrected chi connectivity index (χ0v) is 12.6. The summed E-state index contributed by atoms with van der Waals surface area (Å²) in [6.07, 6.45) is 1.14. The highest BCUT2D eigenvalue weighted by molar-refractivity contribution is 5.86. The largest absolute Gasteiger partial charge is 0.481 e. The molecule has 1 aliphatic carbocycles. The molecule has 1 heterocycles. The number of carbonyl (C=O) groups is 2. The van der Waals surface area contributed by atoms with Gasteiger partial charge in [-0.1, -0.05) is 23.4 Å². The number of nitrogens with one attached hydrogen (secondary N) is 1. The number of aliphatic carboxylic acids is 1. The number of carbonyl (C=O) groups excluding carboxylic acids is 1. The second-order valence-corrected chi connectivity index (χ2v) is 5.68. The summed E-state index contributed by atoms with van der Waals surface area (Å²) in [7, 11) is 0. The molecule has 7 nitrogen and oxygen atoms in total. The van der Waals surface area contributed by atoms with E-state index in [4.69, 9.17) is 9.63 Å². The Labute approximate surface area is 132 Å². The van der Waals surface area contributed by atoms with Gasteiger partial charge in [-0.25, -0.2) is 0 Å². The Bertz CT molecular complexity index is 713. The predicted molar refractivity (Wildman–Crippen MR) is 80.1 cm³/mol. The summed E-state index contributed by atoms with van der Waals surface area (Å²) in [5.41, 5.74) is 0.801. The highest BCUT2D eigenvalue weighted by Gasteiger charge is 2.41. The zero-order chi connectivity index (χ0) is 16.4. The van der Waals surface area contributed by atoms with Gasteiger partial charge in [0.05, 0.1) is 17.9 Å². The van der Waals surface area contributed by atoms with Gasteiger partial charge in [-0.3, -0.25) is 9.59 Å². The van der Waals surface area contributed by atoms with Gasteiger partial charge in [0.1, 0.15) is 0 Å². The van der Waals surface area contributed by atoms with Crippen molar-refractivity contribution in [1.29, 1.82) is 0 Å². The second-order valence-electron chi connectivity index (χ2n) is 5.68. The van der Waals surface area contributed by atoms with Crippen molar-refractivity contribution in [3.63, 3.8) is 0 Å². The van der Waals surface area contributed by atoms with Crippen molar-refractivity contribution in [2.45, 2.75) is 25.8 Å². The van der Waals surface area contributed by atoms with Gasteiger partial charge in [0.25, 0.3) is 5.89 Å². The number of aromatic nitrogens is 2. The smallest absolute Gasteiger partial charge is 0.307 e. The molecule has 3 unspecified atom stereocenters. The molecule has 1 aliphatic rings. The molecule has 0 bridgehead atoms. The van der Waals surface area contributed by atoms with E-state index < -0.39 is 23.8 Å². The normalized spacial score (nSPS) is 21.3. The number of rotatable bonds is 5. The van der Waals surface area contributed by atoms with Crippen molar-refractivity contribution in [1.82, 2.24) is 15.5 Å². The third-order valence-corrected chi connectivity index (χ3v) is 4.14. The van der Waals surface area contributed by atoms with Gasteiger partial charge in [0.15, 0.2) is 5.82 Å². The molecule has 1 fully saturated rings. The molecular formula is C16H17N3O4.